The molecular formula is C15H24N3O5S-. The number of nitrogens with zero attached hydrogens (tertiary/aromatic N) is 1. The van der Waals surface area contributed by atoms with Crippen molar-refractivity contribution in [1.29, 1.82) is 0 Å². The highest BCUT2D eigenvalue weighted by atomic mass is 32.2. The van der Waals surface area contributed by atoms with Crippen LogP contribution in [0.15, 0.2) is 24.3 Å². The molecule has 0 bridgehead atoms. The minimum atomic E-state index is -2.36. The maximum absolute atomic E-state index is 10.9. The van der Waals surface area contributed by atoms with Gasteiger partial charge in [-0.05, 0) is 43.6 Å². The molecule has 0 saturated heterocycles. The van der Waals surface area contributed by atoms with Gasteiger partial charge in [0.25, 0.3) is 5.69 Å². The third-order valence-corrected chi connectivity index (χ3v) is 4.05. The van der Waals surface area contributed by atoms with E-state index in [1.165, 1.54) is 31.7 Å². The van der Waals surface area contributed by atoms with E-state index in [1.54, 1.807) is 19.2 Å². The van der Waals surface area contributed by atoms with E-state index in [4.69, 9.17) is 13.5 Å². The maximum atomic E-state index is 10.9. The van der Waals surface area contributed by atoms with Crippen molar-refractivity contribution < 1.29 is 18.4 Å². The summed E-state index contributed by atoms with van der Waals surface area (Å²) >= 11 is -2.36. The molecule has 0 aliphatic heterocycles. The minimum Gasteiger partial charge on any atom is -0.760 e. The van der Waals surface area contributed by atoms with E-state index in [0.29, 0.717) is 17.5 Å². The zero-order valence-electron chi connectivity index (χ0n) is 13.7. The van der Waals surface area contributed by atoms with Crippen molar-refractivity contribution in [1.82, 2.24) is 0 Å². The molecule has 0 radical (unpaired) electrons. The Kier molecular flexibility index (Phi) is 9.46. The van der Waals surface area contributed by atoms with Gasteiger partial charge in [0.2, 0.25) is 0 Å². The van der Waals surface area contributed by atoms with Gasteiger partial charge in [0.15, 0.2) is 0 Å². The summed E-state index contributed by atoms with van der Waals surface area (Å²) < 4.78 is 22.8. The lowest BCUT2D eigenvalue weighted by molar-refractivity contribution is -0.384. The monoisotopic (exact) mass is 358 g/mol. The molecule has 2 rings (SSSR count). The predicted octanol–water partition coefficient (Wildman–Crippen LogP) is 2.20. The number of methoxy groups -OCH3 is 1. The highest BCUT2D eigenvalue weighted by Crippen LogP contribution is 2.30. The molecule has 1 saturated carbocycles. The Morgan fingerprint density at radius 3 is 2.38 bits per heavy atom. The second kappa shape index (κ2) is 11.1. The van der Waals surface area contributed by atoms with Crippen molar-refractivity contribution in [2.45, 2.75) is 25.7 Å². The highest BCUT2D eigenvalue weighted by Gasteiger charge is 2.21. The molecule has 1 atom stereocenters. The number of ether oxygens (including phenoxy) is 1. The molecule has 1 aromatic carbocycles. The van der Waals surface area contributed by atoms with Crippen LogP contribution >= 0.6 is 0 Å². The summed E-state index contributed by atoms with van der Waals surface area (Å²) in [6.45, 7) is 1.66. The predicted molar refractivity (Wildman–Crippen MR) is 92.0 cm³/mol. The van der Waals surface area contributed by atoms with Gasteiger partial charge in [-0.15, -0.1) is 0 Å². The number of nitro benzene ring substituents is 1. The van der Waals surface area contributed by atoms with Crippen LogP contribution < -0.4 is 10.5 Å². The molecule has 0 heterocycles. The van der Waals surface area contributed by atoms with E-state index in [0.717, 1.165) is 13.2 Å². The van der Waals surface area contributed by atoms with Gasteiger partial charge < -0.3 is 14.6 Å². The molecule has 1 aromatic rings. The standard InChI is InChI=1S/C15H22N2O3.H3NO2S/c1-20-11-13-8-6-12(7-9-13)10-16-14-4-2-3-5-15(14)17(18)19;1-4(2)3/h2-5,12-13,16H,6-11H2,1H3;1H2,(H,2,3)/p-1. The number of nitrogens with two attached hydrogens (primary N) is 1. The summed E-state index contributed by atoms with van der Waals surface area (Å²) in [7, 11) is 1.75. The lowest BCUT2D eigenvalue weighted by Crippen LogP contribution is -2.23. The van der Waals surface area contributed by atoms with Crippen molar-refractivity contribution >= 4 is 22.6 Å². The first-order valence-corrected chi connectivity index (χ1v) is 8.87. The summed E-state index contributed by atoms with van der Waals surface area (Å²) in [5.41, 5.74) is 0.775. The number of hydrogen-bond acceptors (Lipinski definition) is 6. The number of rotatable bonds is 6. The molecule has 9 heteroatoms. The van der Waals surface area contributed by atoms with Crippen LogP contribution in [0.1, 0.15) is 25.7 Å². The highest BCUT2D eigenvalue weighted by molar-refractivity contribution is 7.76. The molecule has 0 spiro atoms. The summed E-state index contributed by atoms with van der Waals surface area (Å²) in [4.78, 5) is 10.6. The number of hydrogen-bond donors (Lipinski definition) is 2. The third kappa shape index (κ3) is 7.82. The third-order valence-electron chi connectivity index (χ3n) is 4.05. The molecule has 1 unspecified atom stereocenters. The van der Waals surface area contributed by atoms with Crippen LogP contribution in [-0.4, -0.2) is 33.9 Å². The summed E-state index contributed by atoms with van der Waals surface area (Å²) in [6.07, 6.45) is 4.72. The first-order valence-electron chi connectivity index (χ1n) is 7.74. The van der Waals surface area contributed by atoms with Crippen molar-refractivity contribution in [2.24, 2.45) is 17.0 Å². The van der Waals surface area contributed by atoms with Crippen molar-refractivity contribution in [3.8, 4) is 0 Å². The lowest BCUT2D eigenvalue weighted by atomic mass is 9.82. The number of anilines is 1. The molecule has 0 amide bonds. The smallest absolute Gasteiger partial charge is 0.292 e. The molecular weight excluding hydrogens is 334 g/mol. The average Bonchev–Trinajstić information content (AvgIpc) is 2.54. The zero-order valence-corrected chi connectivity index (χ0v) is 14.5. The number of nitro groups is 1. The fraction of sp³-hybridized carbons (Fsp3) is 0.600. The summed E-state index contributed by atoms with van der Waals surface area (Å²) in [6, 6.07) is 6.83. The van der Waals surface area contributed by atoms with Crippen molar-refractivity contribution in [2.75, 3.05) is 25.6 Å². The molecule has 1 fully saturated rings. The van der Waals surface area contributed by atoms with Gasteiger partial charge in [0.1, 0.15) is 5.69 Å². The number of nitrogens with one attached hydrogen (secondary N) is 1. The lowest BCUT2D eigenvalue weighted by Gasteiger charge is -2.28. The van der Waals surface area contributed by atoms with E-state index >= 15 is 0 Å². The van der Waals surface area contributed by atoms with Crippen LogP contribution in [0.5, 0.6) is 0 Å². The Hall–Kier alpha value is -1.55. The average molecular weight is 358 g/mol. The van der Waals surface area contributed by atoms with Crippen LogP contribution in [0, 0.1) is 22.0 Å². The SMILES string of the molecule is COCC1CCC(CNc2ccccc2[N+](=O)[O-])CC1.NS(=O)[O-]. The van der Waals surface area contributed by atoms with Gasteiger partial charge >= 0.3 is 0 Å². The van der Waals surface area contributed by atoms with Gasteiger partial charge in [-0.25, -0.2) is 0 Å². The topological polar surface area (TPSA) is 131 Å². The van der Waals surface area contributed by atoms with E-state index in [1.807, 2.05) is 6.07 Å². The van der Waals surface area contributed by atoms with Gasteiger partial charge in [-0.1, -0.05) is 12.1 Å². The first-order chi connectivity index (χ1) is 11.4. The van der Waals surface area contributed by atoms with E-state index in [9.17, 15) is 10.1 Å². The normalized spacial score (nSPS) is 21.3. The van der Waals surface area contributed by atoms with Crippen molar-refractivity contribution in [3.63, 3.8) is 0 Å². The maximum Gasteiger partial charge on any atom is 0.292 e. The fourth-order valence-electron chi connectivity index (χ4n) is 2.87. The van der Waals surface area contributed by atoms with Crippen LogP contribution in [-0.2, 0) is 16.0 Å². The minimum absolute atomic E-state index is 0.153. The van der Waals surface area contributed by atoms with Gasteiger partial charge in [0, 0.05) is 37.6 Å². The molecule has 0 aromatic heterocycles. The van der Waals surface area contributed by atoms with Crippen LogP contribution in [0.25, 0.3) is 0 Å². The van der Waals surface area contributed by atoms with E-state index < -0.39 is 11.3 Å². The molecule has 3 N–H and O–H groups in total. The largest absolute Gasteiger partial charge is 0.760 e. The first kappa shape index (κ1) is 20.5. The second-order valence-corrected chi connectivity index (χ2v) is 6.28. The van der Waals surface area contributed by atoms with E-state index in [2.05, 4.69) is 10.5 Å². The second-order valence-electron chi connectivity index (χ2n) is 5.76. The number of benzene rings is 1. The van der Waals surface area contributed by atoms with Crippen LogP contribution in [0.3, 0.4) is 0 Å². The zero-order chi connectivity index (χ0) is 17.9. The summed E-state index contributed by atoms with van der Waals surface area (Å²) in [5.74, 6) is 1.28. The molecule has 1 aliphatic rings. The Bertz CT molecular complexity index is 532. The molecule has 1 aliphatic carbocycles. The Morgan fingerprint density at radius 2 is 1.83 bits per heavy atom. The Morgan fingerprint density at radius 1 is 1.29 bits per heavy atom. The van der Waals surface area contributed by atoms with E-state index in [-0.39, 0.29) is 10.6 Å². The fourth-order valence-corrected chi connectivity index (χ4v) is 2.87. The molecule has 24 heavy (non-hydrogen) atoms. The van der Waals surface area contributed by atoms with Gasteiger partial charge in [0.05, 0.1) is 4.92 Å². The van der Waals surface area contributed by atoms with Crippen molar-refractivity contribution in [3.05, 3.63) is 34.4 Å². The Balaban J connectivity index is 0.000000648. The van der Waals surface area contributed by atoms with Crippen LogP contribution in [0.4, 0.5) is 11.4 Å². The van der Waals surface area contributed by atoms with Gasteiger partial charge in [-0.3, -0.25) is 19.5 Å². The van der Waals surface area contributed by atoms with Crippen LogP contribution in [0.2, 0.25) is 0 Å². The quantitative estimate of drug-likeness (QED) is 0.455. The molecule has 8 nitrogen and oxygen atoms in total. The number of para-hydroxylation sites is 2. The van der Waals surface area contributed by atoms with Gasteiger partial charge in [-0.2, -0.15) is 0 Å². The Labute approximate surface area is 144 Å². The summed E-state index contributed by atoms with van der Waals surface area (Å²) in [5, 5.41) is 18.2. The molecule has 136 valence electrons.